The van der Waals surface area contributed by atoms with Gasteiger partial charge in [-0.05, 0) is 31.4 Å². The second kappa shape index (κ2) is 10.4. The minimum atomic E-state index is -0.782. The maximum atomic E-state index is 12.7. The zero-order valence-corrected chi connectivity index (χ0v) is 16.0. The van der Waals surface area contributed by atoms with E-state index in [1.165, 1.54) is 20.1 Å². The molecular formula is C20H28N2O4. The van der Waals surface area contributed by atoms with Gasteiger partial charge in [0.15, 0.2) is 5.78 Å². The third-order valence-electron chi connectivity index (χ3n) is 3.84. The predicted molar refractivity (Wildman–Crippen MR) is 100 cm³/mol. The van der Waals surface area contributed by atoms with Gasteiger partial charge in [-0.15, -0.1) is 0 Å². The van der Waals surface area contributed by atoms with Crippen molar-refractivity contribution in [1.82, 2.24) is 10.6 Å². The van der Waals surface area contributed by atoms with Gasteiger partial charge in [0.25, 0.3) is 0 Å². The summed E-state index contributed by atoms with van der Waals surface area (Å²) in [6.07, 6.45) is 1.77. The van der Waals surface area contributed by atoms with Crippen LogP contribution in [0.3, 0.4) is 0 Å². The summed E-state index contributed by atoms with van der Waals surface area (Å²) in [7, 11) is 1.30. The SMILES string of the molecule is COC(=O)[C@H](Cc1ccccc1)NC(=O)[C@@H](N/C(C)=C\C(C)=O)C(C)C. The smallest absolute Gasteiger partial charge is 0.328 e. The topological polar surface area (TPSA) is 84.5 Å². The predicted octanol–water partition coefficient (Wildman–Crippen LogP) is 1.99. The van der Waals surface area contributed by atoms with Gasteiger partial charge in [0.1, 0.15) is 12.1 Å². The molecular weight excluding hydrogens is 332 g/mol. The molecule has 0 spiro atoms. The van der Waals surface area contributed by atoms with Crippen LogP contribution < -0.4 is 10.6 Å². The van der Waals surface area contributed by atoms with Crippen LogP contribution in [0.1, 0.15) is 33.3 Å². The van der Waals surface area contributed by atoms with Crippen molar-refractivity contribution >= 4 is 17.7 Å². The highest BCUT2D eigenvalue weighted by molar-refractivity contribution is 5.89. The number of methoxy groups -OCH3 is 1. The summed E-state index contributed by atoms with van der Waals surface area (Å²) in [5.74, 6) is -0.960. The van der Waals surface area contributed by atoms with Crippen molar-refractivity contribution in [3.8, 4) is 0 Å². The largest absolute Gasteiger partial charge is 0.467 e. The van der Waals surface area contributed by atoms with Crippen LogP contribution in [0.2, 0.25) is 0 Å². The first-order valence-corrected chi connectivity index (χ1v) is 8.62. The molecule has 2 atom stereocenters. The van der Waals surface area contributed by atoms with Gasteiger partial charge in [0.05, 0.1) is 7.11 Å². The van der Waals surface area contributed by atoms with Crippen LogP contribution in [-0.4, -0.2) is 36.9 Å². The maximum Gasteiger partial charge on any atom is 0.328 e. The lowest BCUT2D eigenvalue weighted by molar-refractivity contribution is -0.145. The number of carbonyl (C=O) groups is 3. The molecule has 0 unspecified atom stereocenters. The monoisotopic (exact) mass is 360 g/mol. The number of esters is 1. The lowest BCUT2D eigenvalue weighted by atomic mass is 10.0. The van der Waals surface area contributed by atoms with Gasteiger partial charge in [0, 0.05) is 12.1 Å². The van der Waals surface area contributed by atoms with Crippen molar-refractivity contribution in [2.24, 2.45) is 5.92 Å². The van der Waals surface area contributed by atoms with Gasteiger partial charge in [-0.3, -0.25) is 9.59 Å². The van der Waals surface area contributed by atoms with Crippen molar-refractivity contribution in [2.75, 3.05) is 7.11 Å². The summed E-state index contributed by atoms with van der Waals surface area (Å²) in [6, 6.07) is 8.06. The number of ether oxygens (including phenoxy) is 1. The molecule has 2 N–H and O–H groups in total. The Morgan fingerprint density at radius 1 is 1.08 bits per heavy atom. The zero-order valence-electron chi connectivity index (χ0n) is 16.0. The van der Waals surface area contributed by atoms with Crippen molar-refractivity contribution in [1.29, 1.82) is 0 Å². The van der Waals surface area contributed by atoms with E-state index in [9.17, 15) is 14.4 Å². The average molecular weight is 360 g/mol. The molecule has 0 fully saturated rings. The van der Waals surface area contributed by atoms with E-state index in [0.717, 1.165) is 5.56 Å². The Balaban J connectivity index is 2.90. The molecule has 0 aromatic heterocycles. The van der Waals surface area contributed by atoms with E-state index < -0.39 is 18.1 Å². The number of hydrogen-bond acceptors (Lipinski definition) is 5. The lowest BCUT2D eigenvalue weighted by Gasteiger charge is -2.25. The van der Waals surface area contributed by atoms with Gasteiger partial charge in [-0.2, -0.15) is 0 Å². The van der Waals surface area contributed by atoms with Crippen LogP contribution >= 0.6 is 0 Å². The second-order valence-corrected chi connectivity index (χ2v) is 6.58. The molecule has 0 saturated carbocycles. The Morgan fingerprint density at radius 3 is 2.19 bits per heavy atom. The Kier molecular flexibility index (Phi) is 8.55. The summed E-state index contributed by atoms with van der Waals surface area (Å²) in [5.41, 5.74) is 1.52. The molecule has 0 aliphatic carbocycles. The highest BCUT2D eigenvalue weighted by atomic mass is 16.5. The van der Waals surface area contributed by atoms with Gasteiger partial charge in [-0.1, -0.05) is 44.2 Å². The van der Waals surface area contributed by atoms with E-state index in [2.05, 4.69) is 10.6 Å². The Morgan fingerprint density at radius 2 is 1.69 bits per heavy atom. The number of rotatable bonds is 9. The molecule has 0 saturated heterocycles. The summed E-state index contributed by atoms with van der Waals surface area (Å²) < 4.78 is 4.83. The third kappa shape index (κ3) is 7.09. The number of benzene rings is 1. The van der Waals surface area contributed by atoms with Crippen LogP contribution in [0, 0.1) is 5.92 Å². The first kappa shape index (κ1) is 21.4. The van der Waals surface area contributed by atoms with E-state index in [0.29, 0.717) is 12.1 Å². The molecule has 26 heavy (non-hydrogen) atoms. The van der Waals surface area contributed by atoms with Gasteiger partial charge in [-0.25, -0.2) is 4.79 Å². The molecule has 0 aliphatic rings. The highest BCUT2D eigenvalue weighted by Gasteiger charge is 2.28. The van der Waals surface area contributed by atoms with Crippen LogP contribution in [-0.2, 0) is 25.5 Å². The van der Waals surface area contributed by atoms with E-state index >= 15 is 0 Å². The summed E-state index contributed by atoms with van der Waals surface area (Å²) >= 11 is 0. The van der Waals surface area contributed by atoms with Crippen molar-refractivity contribution < 1.29 is 19.1 Å². The zero-order chi connectivity index (χ0) is 19.7. The molecule has 0 radical (unpaired) electrons. The number of carbonyl (C=O) groups excluding carboxylic acids is 3. The lowest BCUT2D eigenvalue weighted by Crippen LogP contribution is -2.52. The molecule has 1 rings (SSSR count). The number of amides is 1. The Hall–Kier alpha value is -2.63. The molecule has 6 nitrogen and oxygen atoms in total. The minimum absolute atomic E-state index is 0.0414. The van der Waals surface area contributed by atoms with Gasteiger partial charge in [0.2, 0.25) is 5.91 Å². The molecule has 1 amide bonds. The first-order chi connectivity index (χ1) is 12.2. The molecule has 0 aliphatic heterocycles. The van der Waals surface area contributed by atoms with Crippen molar-refractivity contribution in [2.45, 2.75) is 46.2 Å². The molecule has 142 valence electrons. The third-order valence-corrected chi connectivity index (χ3v) is 3.84. The Labute approximate surface area is 155 Å². The van der Waals surface area contributed by atoms with Crippen LogP contribution in [0.4, 0.5) is 0 Å². The van der Waals surface area contributed by atoms with Crippen LogP contribution in [0.25, 0.3) is 0 Å². The molecule has 6 heteroatoms. The number of ketones is 1. The van der Waals surface area contributed by atoms with E-state index in [4.69, 9.17) is 4.74 Å². The maximum absolute atomic E-state index is 12.7. The quantitative estimate of drug-likeness (QED) is 0.520. The average Bonchev–Trinajstić information content (AvgIpc) is 2.58. The molecule has 0 heterocycles. The fourth-order valence-electron chi connectivity index (χ4n) is 2.57. The number of allylic oxidation sites excluding steroid dienone is 2. The standard InChI is InChI=1S/C20H28N2O4/c1-13(2)18(21-14(3)11-15(4)23)19(24)22-17(20(25)26-5)12-16-9-7-6-8-10-16/h6-11,13,17-18,21H,12H2,1-5H3,(H,22,24)/b14-11-/t17-,18-/m0/s1. The van der Waals surface area contributed by atoms with E-state index in [1.54, 1.807) is 6.92 Å². The van der Waals surface area contributed by atoms with Crippen LogP contribution in [0.5, 0.6) is 0 Å². The molecule has 1 aromatic rings. The molecule has 1 aromatic carbocycles. The second-order valence-electron chi connectivity index (χ2n) is 6.58. The summed E-state index contributed by atoms with van der Waals surface area (Å²) in [6.45, 7) is 6.96. The summed E-state index contributed by atoms with van der Waals surface area (Å²) in [4.78, 5) is 36.0. The number of hydrogen-bond donors (Lipinski definition) is 2. The van der Waals surface area contributed by atoms with Gasteiger partial charge < -0.3 is 15.4 Å². The first-order valence-electron chi connectivity index (χ1n) is 8.62. The normalized spacial score (nSPS) is 13.7. The minimum Gasteiger partial charge on any atom is -0.467 e. The fraction of sp³-hybridized carbons (Fsp3) is 0.450. The van der Waals surface area contributed by atoms with Crippen LogP contribution in [0.15, 0.2) is 42.1 Å². The highest BCUT2D eigenvalue weighted by Crippen LogP contribution is 2.08. The van der Waals surface area contributed by atoms with Crippen molar-refractivity contribution in [3.63, 3.8) is 0 Å². The fourth-order valence-corrected chi connectivity index (χ4v) is 2.57. The van der Waals surface area contributed by atoms with Crippen molar-refractivity contribution in [3.05, 3.63) is 47.7 Å². The number of nitrogens with one attached hydrogen (secondary N) is 2. The summed E-state index contributed by atoms with van der Waals surface area (Å²) in [5, 5.41) is 5.82. The van der Waals surface area contributed by atoms with E-state index in [-0.39, 0.29) is 17.6 Å². The van der Waals surface area contributed by atoms with E-state index in [1.807, 2.05) is 44.2 Å². The van der Waals surface area contributed by atoms with Gasteiger partial charge >= 0.3 is 5.97 Å². The Bertz CT molecular complexity index is 653. The molecule has 0 bridgehead atoms.